The van der Waals surface area contributed by atoms with Gasteiger partial charge in [0.2, 0.25) is 0 Å². The summed E-state index contributed by atoms with van der Waals surface area (Å²) in [6.45, 7) is 0.245. The number of carbonyl (C=O) groups is 1. The number of amides is 1. The predicted molar refractivity (Wildman–Crippen MR) is 45.9 cm³/mol. The summed E-state index contributed by atoms with van der Waals surface area (Å²) in [6, 6.07) is 4.04. The van der Waals surface area contributed by atoms with Crippen molar-refractivity contribution in [1.82, 2.24) is 0 Å². The van der Waals surface area contributed by atoms with Gasteiger partial charge in [0, 0.05) is 6.54 Å². The number of hydrogen-bond acceptors (Lipinski definition) is 2. The molecule has 0 aliphatic carbocycles. The average molecular weight is 184 g/mol. The van der Waals surface area contributed by atoms with Crippen LogP contribution < -0.4 is 11.1 Å². The first-order valence-corrected chi connectivity index (χ1v) is 3.62. The van der Waals surface area contributed by atoms with Crippen molar-refractivity contribution in [1.29, 1.82) is 0 Å². The molecule has 5 heteroatoms. The minimum atomic E-state index is -1.30. The smallest absolute Gasteiger partial charge is 0.409 e. The van der Waals surface area contributed by atoms with E-state index in [1.54, 1.807) is 0 Å². The summed E-state index contributed by atoms with van der Waals surface area (Å²) in [5.41, 5.74) is 5.90. The molecule has 0 aliphatic heterocycles. The van der Waals surface area contributed by atoms with E-state index in [-0.39, 0.29) is 12.2 Å². The summed E-state index contributed by atoms with van der Waals surface area (Å²) in [5, 5.41) is 10.3. The zero-order valence-electron chi connectivity index (χ0n) is 6.75. The summed E-state index contributed by atoms with van der Waals surface area (Å²) in [7, 11) is 0. The van der Waals surface area contributed by atoms with E-state index in [1.807, 2.05) is 5.32 Å². The van der Waals surface area contributed by atoms with E-state index >= 15 is 0 Å². The molecule has 0 unspecified atom stereocenters. The van der Waals surface area contributed by atoms with E-state index in [9.17, 15) is 9.18 Å². The predicted octanol–water partition coefficient (Wildman–Crippen LogP) is 1.37. The minimum absolute atomic E-state index is 0.0737. The van der Waals surface area contributed by atoms with Gasteiger partial charge < -0.3 is 10.8 Å². The maximum atomic E-state index is 12.9. The van der Waals surface area contributed by atoms with Gasteiger partial charge >= 0.3 is 6.09 Å². The standard InChI is InChI=1S/C8H9FN2O2/c9-6-2-1-5(4-10)3-7(6)11-8(12)13/h1-3,11H,4,10H2,(H,12,13). The number of halogens is 1. The average Bonchev–Trinajstić information content (AvgIpc) is 2.08. The second-order valence-corrected chi connectivity index (χ2v) is 2.45. The second kappa shape index (κ2) is 3.86. The van der Waals surface area contributed by atoms with E-state index < -0.39 is 11.9 Å². The van der Waals surface area contributed by atoms with Crippen molar-refractivity contribution in [3.63, 3.8) is 0 Å². The van der Waals surface area contributed by atoms with Crippen LogP contribution in [0.4, 0.5) is 14.9 Å². The molecular weight excluding hydrogens is 175 g/mol. The van der Waals surface area contributed by atoms with E-state index in [2.05, 4.69) is 0 Å². The first kappa shape index (κ1) is 9.47. The molecule has 0 bridgehead atoms. The molecular formula is C8H9FN2O2. The van der Waals surface area contributed by atoms with Crippen LogP contribution in [0.1, 0.15) is 5.56 Å². The Morgan fingerprint density at radius 1 is 1.62 bits per heavy atom. The molecule has 0 fully saturated rings. The third-order valence-corrected chi connectivity index (χ3v) is 1.51. The highest BCUT2D eigenvalue weighted by molar-refractivity contribution is 5.83. The fraction of sp³-hybridized carbons (Fsp3) is 0.125. The fourth-order valence-electron chi connectivity index (χ4n) is 0.910. The lowest BCUT2D eigenvalue weighted by Gasteiger charge is -2.04. The molecule has 13 heavy (non-hydrogen) atoms. The fourth-order valence-corrected chi connectivity index (χ4v) is 0.910. The van der Waals surface area contributed by atoms with Crippen LogP contribution in [-0.2, 0) is 6.54 Å². The Morgan fingerprint density at radius 3 is 2.85 bits per heavy atom. The van der Waals surface area contributed by atoms with Gasteiger partial charge in [-0.25, -0.2) is 9.18 Å². The Morgan fingerprint density at radius 2 is 2.31 bits per heavy atom. The Hall–Kier alpha value is -1.62. The first-order chi connectivity index (χ1) is 6.13. The zero-order valence-corrected chi connectivity index (χ0v) is 6.75. The van der Waals surface area contributed by atoms with Gasteiger partial charge in [0.15, 0.2) is 0 Å². The molecule has 4 N–H and O–H groups in total. The summed E-state index contributed by atoms with van der Waals surface area (Å²) in [6.07, 6.45) is -1.30. The van der Waals surface area contributed by atoms with Crippen molar-refractivity contribution in [3.8, 4) is 0 Å². The molecule has 0 aromatic heterocycles. The Kier molecular flexibility index (Phi) is 2.81. The van der Waals surface area contributed by atoms with Gasteiger partial charge in [-0.1, -0.05) is 6.07 Å². The van der Waals surface area contributed by atoms with E-state index in [1.165, 1.54) is 18.2 Å². The molecule has 1 aromatic rings. The highest BCUT2D eigenvalue weighted by Crippen LogP contribution is 2.15. The number of nitrogens with one attached hydrogen (secondary N) is 1. The SMILES string of the molecule is NCc1ccc(F)c(NC(=O)O)c1. The lowest BCUT2D eigenvalue weighted by Crippen LogP contribution is -2.09. The van der Waals surface area contributed by atoms with Crippen LogP contribution in [-0.4, -0.2) is 11.2 Å². The molecule has 0 heterocycles. The molecule has 0 saturated carbocycles. The normalized spacial score (nSPS) is 9.69. The lowest BCUT2D eigenvalue weighted by atomic mass is 10.2. The molecule has 1 amide bonds. The molecule has 0 aliphatic rings. The number of hydrogen-bond donors (Lipinski definition) is 3. The summed E-state index contributed by atoms with van der Waals surface area (Å²) in [4.78, 5) is 10.2. The Balaban J connectivity index is 2.96. The molecule has 0 saturated heterocycles. The maximum Gasteiger partial charge on any atom is 0.409 e. The number of carboxylic acid groups (broad SMARTS) is 1. The lowest BCUT2D eigenvalue weighted by molar-refractivity contribution is 0.209. The van der Waals surface area contributed by atoms with Crippen molar-refractivity contribution in [2.24, 2.45) is 5.73 Å². The van der Waals surface area contributed by atoms with Crippen LogP contribution in [0.15, 0.2) is 18.2 Å². The largest absolute Gasteiger partial charge is 0.465 e. The van der Waals surface area contributed by atoms with E-state index in [4.69, 9.17) is 10.8 Å². The number of benzene rings is 1. The van der Waals surface area contributed by atoms with Crippen molar-refractivity contribution in [2.45, 2.75) is 6.54 Å². The van der Waals surface area contributed by atoms with Gasteiger partial charge in [0.05, 0.1) is 5.69 Å². The highest BCUT2D eigenvalue weighted by atomic mass is 19.1. The zero-order chi connectivity index (χ0) is 9.84. The molecule has 1 rings (SSSR count). The second-order valence-electron chi connectivity index (χ2n) is 2.45. The van der Waals surface area contributed by atoms with Crippen molar-refractivity contribution >= 4 is 11.8 Å². The van der Waals surface area contributed by atoms with Crippen LogP contribution >= 0.6 is 0 Å². The molecule has 70 valence electrons. The van der Waals surface area contributed by atoms with Crippen molar-refractivity contribution in [3.05, 3.63) is 29.6 Å². The van der Waals surface area contributed by atoms with Gasteiger partial charge in [-0.2, -0.15) is 0 Å². The van der Waals surface area contributed by atoms with Gasteiger partial charge in [0.1, 0.15) is 5.82 Å². The van der Waals surface area contributed by atoms with E-state index in [0.29, 0.717) is 5.56 Å². The number of rotatable bonds is 2. The van der Waals surface area contributed by atoms with Gasteiger partial charge in [-0.15, -0.1) is 0 Å². The summed E-state index contributed by atoms with van der Waals surface area (Å²) in [5.74, 6) is -0.611. The number of anilines is 1. The quantitative estimate of drug-likeness (QED) is 0.649. The van der Waals surface area contributed by atoms with Crippen LogP contribution in [0.25, 0.3) is 0 Å². The summed E-state index contributed by atoms with van der Waals surface area (Å²) >= 11 is 0. The molecule has 1 aromatic carbocycles. The van der Waals surface area contributed by atoms with Crippen LogP contribution in [0, 0.1) is 5.82 Å². The monoisotopic (exact) mass is 184 g/mol. The van der Waals surface area contributed by atoms with Gasteiger partial charge in [0.25, 0.3) is 0 Å². The maximum absolute atomic E-state index is 12.9. The van der Waals surface area contributed by atoms with Crippen LogP contribution in [0.3, 0.4) is 0 Å². The topological polar surface area (TPSA) is 75.3 Å². The third-order valence-electron chi connectivity index (χ3n) is 1.51. The van der Waals surface area contributed by atoms with E-state index in [0.717, 1.165) is 0 Å². The Bertz CT molecular complexity index is 328. The summed E-state index contributed by atoms with van der Waals surface area (Å²) < 4.78 is 12.9. The van der Waals surface area contributed by atoms with Crippen molar-refractivity contribution in [2.75, 3.05) is 5.32 Å². The molecule has 4 nitrogen and oxygen atoms in total. The first-order valence-electron chi connectivity index (χ1n) is 3.62. The van der Waals surface area contributed by atoms with Gasteiger partial charge in [-0.05, 0) is 17.7 Å². The highest BCUT2D eigenvalue weighted by Gasteiger charge is 2.05. The van der Waals surface area contributed by atoms with Crippen LogP contribution in [0.5, 0.6) is 0 Å². The van der Waals surface area contributed by atoms with Crippen molar-refractivity contribution < 1.29 is 14.3 Å². The molecule has 0 radical (unpaired) electrons. The third kappa shape index (κ3) is 2.41. The molecule has 0 atom stereocenters. The van der Waals surface area contributed by atoms with Crippen LogP contribution in [0.2, 0.25) is 0 Å². The molecule has 0 spiro atoms. The van der Waals surface area contributed by atoms with Gasteiger partial charge in [-0.3, -0.25) is 5.32 Å². The Labute approximate surface area is 74.2 Å². The number of nitrogens with two attached hydrogens (primary N) is 1. The minimum Gasteiger partial charge on any atom is -0.465 e.